The van der Waals surface area contributed by atoms with Gasteiger partial charge in [0.15, 0.2) is 0 Å². The molecule has 128 valence electrons. The highest BCUT2D eigenvalue weighted by Crippen LogP contribution is 2.61. The lowest BCUT2D eigenvalue weighted by atomic mass is 9.69. The van der Waals surface area contributed by atoms with Crippen LogP contribution in [-0.4, -0.2) is 37.4 Å². The van der Waals surface area contributed by atoms with Crippen molar-refractivity contribution in [3.63, 3.8) is 0 Å². The van der Waals surface area contributed by atoms with Crippen molar-refractivity contribution in [1.82, 2.24) is 0 Å². The molecule has 3 fully saturated rings. The third-order valence-electron chi connectivity index (χ3n) is 5.81. The summed E-state index contributed by atoms with van der Waals surface area (Å²) >= 11 is 0. The van der Waals surface area contributed by atoms with Crippen LogP contribution in [0.5, 0.6) is 0 Å². The predicted molar refractivity (Wildman–Crippen MR) is 82.2 cm³/mol. The van der Waals surface area contributed by atoms with E-state index in [4.69, 9.17) is 18.9 Å². The topological polar surface area (TPSA) is 54.0 Å². The lowest BCUT2D eigenvalue weighted by molar-refractivity contribution is -0.288. The summed E-state index contributed by atoms with van der Waals surface area (Å²) in [6.07, 6.45) is 6.87. The molecule has 0 aromatic heterocycles. The second kappa shape index (κ2) is 5.87. The third kappa shape index (κ3) is 2.53. The van der Waals surface area contributed by atoms with Gasteiger partial charge in [-0.15, -0.1) is 0 Å². The smallest absolute Gasteiger partial charge is 0.318 e. The quantitative estimate of drug-likeness (QED) is 0.427. The van der Waals surface area contributed by atoms with Gasteiger partial charge in [0.1, 0.15) is 0 Å². The largest absolute Gasteiger partial charge is 0.410 e. The molecule has 0 spiro atoms. The molecule has 2 aliphatic carbocycles. The molecule has 0 aromatic rings. The average Bonchev–Trinajstić information content (AvgIpc) is 3.25. The average molecular weight is 322 g/mol. The van der Waals surface area contributed by atoms with Gasteiger partial charge in [-0.05, 0) is 57.3 Å². The third-order valence-corrected chi connectivity index (χ3v) is 5.81. The van der Waals surface area contributed by atoms with E-state index in [1.54, 1.807) is 0 Å². The number of ether oxygens (including phenoxy) is 4. The lowest BCUT2D eigenvalue weighted by Crippen LogP contribution is -2.41. The van der Waals surface area contributed by atoms with E-state index < -0.39 is 6.48 Å². The number of hydrogen-bond donors (Lipinski definition) is 0. The number of rotatable bonds is 6. The standard InChI is InChI=1S/C18H26O5/c1-4-20-18(21-9(2)3)23-17(19)12-8-13-14-10-5-6-11(7-10)15(14)16(12)22-13/h5-6,9-16,18H,4,7-8H2,1-3H3. The Hall–Kier alpha value is -0.910. The second-order valence-corrected chi connectivity index (χ2v) is 7.45. The molecule has 23 heavy (non-hydrogen) atoms. The molecule has 0 N–H and O–H groups in total. The Bertz CT molecular complexity index is 502. The lowest BCUT2D eigenvalue weighted by Gasteiger charge is -2.33. The summed E-state index contributed by atoms with van der Waals surface area (Å²) in [5.74, 6) is 1.96. The summed E-state index contributed by atoms with van der Waals surface area (Å²) in [5.41, 5.74) is 0. The molecule has 0 aromatic carbocycles. The van der Waals surface area contributed by atoms with E-state index in [0.717, 1.165) is 6.42 Å². The van der Waals surface area contributed by atoms with E-state index in [1.165, 1.54) is 6.42 Å². The Morgan fingerprint density at radius 2 is 1.96 bits per heavy atom. The summed E-state index contributed by atoms with van der Waals surface area (Å²) in [7, 11) is 0. The first-order chi connectivity index (χ1) is 11.1. The molecule has 4 rings (SSSR count). The molecule has 2 aliphatic heterocycles. The van der Waals surface area contributed by atoms with Gasteiger partial charge < -0.3 is 18.9 Å². The van der Waals surface area contributed by atoms with Gasteiger partial charge in [0.25, 0.3) is 0 Å². The van der Waals surface area contributed by atoms with Crippen LogP contribution < -0.4 is 0 Å². The maximum absolute atomic E-state index is 12.6. The van der Waals surface area contributed by atoms with Gasteiger partial charge in [0.05, 0.1) is 30.8 Å². The SMILES string of the molecule is CCOC(OC(=O)C1CC2OC1C1C3C=CC(C3)C21)OC(C)C. The van der Waals surface area contributed by atoms with Gasteiger partial charge in [0, 0.05) is 0 Å². The van der Waals surface area contributed by atoms with Gasteiger partial charge in [0.2, 0.25) is 0 Å². The Labute approximate surface area is 137 Å². The fourth-order valence-electron chi connectivity index (χ4n) is 5.10. The summed E-state index contributed by atoms with van der Waals surface area (Å²) in [6, 6.07) is 0. The van der Waals surface area contributed by atoms with Crippen LogP contribution in [0.4, 0.5) is 0 Å². The minimum Gasteiger partial charge on any atom is -0.410 e. The van der Waals surface area contributed by atoms with Crippen LogP contribution in [0.15, 0.2) is 12.2 Å². The number of esters is 1. The number of carbonyl (C=O) groups is 1. The molecule has 4 aliphatic rings. The first-order valence-electron chi connectivity index (χ1n) is 8.89. The predicted octanol–water partition coefficient (Wildman–Crippen LogP) is 2.50. The molecule has 5 heteroatoms. The highest BCUT2D eigenvalue weighted by Gasteiger charge is 2.64. The molecule has 1 saturated carbocycles. The first-order valence-corrected chi connectivity index (χ1v) is 8.89. The van der Waals surface area contributed by atoms with E-state index in [0.29, 0.717) is 30.3 Å². The van der Waals surface area contributed by atoms with Crippen molar-refractivity contribution in [2.45, 2.75) is 58.4 Å². The molecular formula is C18H26O5. The van der Waals surface area contributed by atoms with Crippen LogP contribution in [0.2, 0.25) is 0 Å². The summed E-state index contributed by atoms with van der Waals surface area (Å²) in [4.78, 5) is 12.6. The van der Waals surface area contributed by atoms with Crippen LogP contribution in [0, 0.1) is 29.6 Å². The minimum absolute atomic E-state index is 0.0128. The molecule has 8 unspecified atom stereocenters. The minimum atomic E-state index is -0.914. The van der Waals surface area contributed by atoms with E-state index >= 15 is 0 Å². The fourth-order valence-corrected chi connectivity index (χ4v) is 5.10. The van der Waals surface area contributed by atoms with Crippen molar-refractivity contribution in [3.05, 3.63) is 12.2 Å². The molecule has 4 bridgehead atoms. The Kier molecular flexibility index (Phi) is 3.98. The Morgan fingerprint density at radius 1 is 1.22 bits per heavy atom. The van der Waals surface area contributed by atoms with Crippen molar-refractivity contribution in [2.24, 2.45) is 29.6 Å². The zero-order valence-electron chi connectivity index (χ0n) is 14.0. The van der Waals surface area contributed by atoms with Gasteiger partial charge >= 0.3 is 12.4 Å². The zero-order chi connectivity index (χ0) is 16.1. The first kappa shape index (κ1) is 15.6. The highest BCUT2D eigenvalue weighted by atomic mass is 16.9. The summed E-state index contributed by atoms with van der Waals surface area (Å²) < 4.78 is 22.5. The molecule has 2 saturated heterocycles. The molecule has 5 nitrogen and oxygen atoms in total. The number of carbonyl (C=O) groups excluding carboxylic acids is 1. The van der Waals surface area contributed by atoms with Gasteiger partial charge in [-0.1, -0.05) is 12.2 Å². The molecule has 8 atom stereocenters. The van der Waals surface area contributed by atoms with E-state index in [9.17, 15) is 4.79 Å². The molecule has 0 amide bonds. The Balaban J connectivity index is 1.41. The van der Waals surface area contributed by atoms with Crippen molar-refractivity contribution in [1.29, 1.82) is 0 Å². The summed E-state index contributed by atoms with van der Waals surface area (Å²) in [5, 5.41) is 0. The number of fused-ring (bicyclic) bond motifs is 9. The molecular weight excluding hydrogens is 296 g/mol. The van der Waals surface area contributed by atoms with E-state index in [2.05, 4.69) is 12.2 Å². The molecule has 2 heterocycles. The monoisotopic (exact) mass is 322 g/mol. The second-order valence-electron chi connectivity index (χ2n) is 7.45. The van der Waals surface area contributed by atoms with Crippen molar-refractivity contribution < 1.29 is 23.7 Å². The fraction of sp³-hybridized carbons (Fsp3) is 0.833. The van der Waals surface area contributed by atoms with Gasteiger partial charge in [-0.25, -0.2) is 0 Å². The van der Waals surface area contributed by atoms with Gasteiger partial charge in [-0.3, -0.25) is 4.79 Å². The van der Waals surface area contributed by atoms with Crippen LogP contribution >= 0.6 is 0 Å². The van der Waals surface area contributed by atoms with E-state index in [1.807, 2.05) is 20.8 Å². The number of hydrogen-bond acceptors (Lipinski definition) is 5. The maximum Gasteiger partial charge on any atom is 0.318 e. The van der Waals surface area contributed by atoms with Crippen molar-refractivity contribution in [3.8, 4) is 0 Å². The van der Waals surface area contributed by atoms with Crippen LogP contribution in [0.3, 0.4) is 0 Å². The van der Waals surface area contributed by atoms with E-state index in [-0.39, 0.29) is 30.2 Å². The summed E-state index contributed by atoms with van der Waals surface area (Å²) in [6.45, 7) is 5.18. The molecule has 0 radical (unpaired) electrons. The van der Waals surface area contributed by atoms with Crippen molar-refractivity contribution >= 4 is 5.97 Å². The normalized spacial score (nSPS) is 44.1. The van der Waals surface area contributed by atoms with Crippen molar-refractivity contribution in [2.75, 3.05) is 6.61 Å². The van der Waals surface area contributed by atoms with Gasteiger partial charge in [-0.2, -0.15) is 0 Å². The maximum atomic E-state index is 12.6. The highest BCUT2D eigenvalue weighted by molar-refractivity contribution is 5.74. The number of allylic oxidation sites excluding steroid dienone is 2. The van der Waals surface area contributed by atoms with Crippen LogP contribution in [0.25, 0.3) is 0 Å². The van der Waals surface area contributed by atoms with Crippen LogP contribution in [0.1, 0.15) is 33.6 Å². The van der Waals surface area contributed by atoms with Crippen LogP contribution in [-0.2, 0) is 23.7 Å². The zero-order valence-corrected chi connectivity index (χ0v) is 14.0. The Morgan fingerprint density at radius 3 is 2.65 bits per heavy atom.